The Morgan fingerprint density at radius 2 is 2.21 bits per heavy atom. The molecule has 1 heterocycles. The van der Waals surface area contributed by atoms with Gasteiger partial charge in [-0.25, -0.2) is 4.79 Å². The van der Waals surface area contributed by atoms with E-state index in [0.717, 1.165) is 0 Å². The summed E-state index contributed by atoms with van der Waals surface area (Å²) in [5.74, 6) is -0.740. The summed E-state index contributed by atoms with van der Waals surface area (Å²) in [6.45, 7) is 0. The van der Waals surface area contributed by atoms with Crippen molar-refractivity contribution in [1.82, 2.24) is 0 Å². The summed E-state index contributed by atoms with van der Waals surface area (Å²) in [6.07, 6.45) is -1.53. The predicted octanol–water partition coefficient (Wildman–Crippen LogP) is 0.756. The van der Waals surface area contributed by atoms with Crippen LogP contribution in [0.25, 0.3) is 0 Å². The Hall–Kier alpha value is -1.95. The molecule has 72 valence electrons. The zero-order valence-electron chi connectivity index (χ0n) is 6.84. The molecule has 14 heavy (non-hydrogen) atoms. The van der Waals surface area contributed by atoms with Crippen molar-refractivity contribution in [3.8, 4) is 0 Å². The summed E-state index contributed by atoms with van der Waals surface area (Å²) in [6, 6.07) is 3.96. The molecule has 2 rings (SSSR count). The maximum absolute atomic E-state index is 11.0. The summed E-state index contributed by atoms with van der Waals surface area (Å²) >= 11 is 0. The summed E-state index contributed by atoms with van der Waals surface area (Å²) in [4.78, 5) is 20.9. The van der Waals surface area contributed by atoms with E-state index in [2.05, 4.69) is 4.74 Å². The van der Waals surface area contributed by atoms with Crippen molar-refractivity contribution in [1.29, 1.82) is 0 Å². The maximum Gasteiger partial charge on any atom is 0.341 e. The number of esters is 1. The molecule has 0 saturated heterocycles. The molecule has 0 bridgehead atoms. The van der Waals surface area contributed by atoms with Gasteiger partial charge in [-0.3, -0.25) is 10.1 Å². The zero-order chi connectivity index (χ0) is 10.3. The lowest BCUT2D eigenvalue weighted by Gasteiger charge is -2.01. The van der Waals surface area contributed by atoms with Crippen LogP contribution in [0.15, 0.2) is 18.2 Å². The van der Waals surface area contributed by atoms with Crippen LogP contribution < -0.4 is 0 Å². The minimum Gasteiger partial charge on any atom is -0.428 e. The van der Waals surface area contributed by atoms with Gasteiger partial charge in [0.1, 0.15) is 5.56 Å². The molecule has 6 nitrogen and oxygen atoms in total. The van der Waals surface area contributed by atoms with Gasteiger partial charge in [0.15, 0.2) is 0 Å². The van der Waals surface area contributed by atoms with Crippen LogP contribution in [0.2, 0.25) is 0 Å². The third kappa shape index (κ3) is 1.05. The summed E-state index contributed by atoms with van der Waals surface area (Å²) in [5.41, 5.74) is -0.324. The second kappa shape index (κ2) is 2.78. The molecule has 1 unspecified atom stereocenters. The van der Waals surface area contributed by atoms with Crippen LogP contribution in [0.5, 0.6) is 0 Å². The zero-order valence-corrected chi connectivity index (χ0v) is 6.84. The van der Waals surface area contributed by atoms with E-state index in [4.69, 9.17) is 0 Å². The number of aliphatic hydroxyl groups is 1. The average molecular weight is 195 g/mol. The number of nitrogens with zero attached hydrogens (tertiary/aromatic N) is 1. The first kappa shape index (κ1) is 8.64. The Bertz CT molecular complexity index is 428. The molecule has 0 saturated carbocycles. The van der Waals surface area contributed by atoms with Crippen molar-refractivity contribution >= 4 is 11.7 Å². The second-order valence-electron chi connectivity index (χ2n) is 2.75. The third-order valence-electron chi connectivity index (χ3n) is 1.97. The molecule has 1 atom stereocenters. The Balaban J connectivity index is 2.68. The molecule has 0 spiro atoms. The molecule has 0 aromatic heterocycles. The lowest BCUT2D eigenvalue weighted by Crippen LogP contribution is -1.99. The second-order valence-corrected chi connectivity index (χ2v) is 2.75. The first-order valence-corrected chi connectivity index (χ1v) is 3.77. The molecule has 1 aromatic rings. The monoisotopic (exact) mass is 195 g/mol. The fourth-order valence-electron chi connectivity index (χ4n) is 1.37. The van der Waals surface area contributed by atoms with Gasteiger partial charge in [0.25, 0.3) is 5.69 Å². The highest BCUT2D eigenvalue weighted by atomic mass is 16.6. The highest BCUT2D eigenvalue weighted by molar-refractivity contribution is 5.95. The highest BCUT2D eigenvalue weighted by Gasteiger charge is 2.36. The Morgan fingerprint density at radius 1 is 1.50 bits per heavy atom. The van der Waals surface area contributed by atoms with Gasteiger partial charge in [-0.2, -0.15) is 0 Å². The fourth-order valence-corrected chi connectivity index (χ4v) is 1.37. The van der Waals surface area contributed by atoms with E-state index < -0.39 is 17.2 Å². The number of rotatable bonds is 1. The van der Waals surface area contributed by atoms with Gasteiger partial charge >= 0.3 is 5.97 Å². The van der Waals surface area contributed by atoms with Crippen LogP contribution in [-0.2, 0) is 4.74 Å². The van der Waals surface area contributed by atoms with E-state index in [1.807, 2.05) is 0 Å². The minimum atomic E-state index is -1.53. The number of nitro benzene ring substituents is 1. The lowest BCUT2D eigenvalue weighted by atomic mass is 10.1. The van der Waals surface area contributed by atoms with Crippen LogP contribution in [0.4, 0.5) is 5.69 Å². The van der Waals surface area contributed by atoms with E-state index in [0.29, 0.717) is 0 Å². The molecule has 1 aromatic carbocycles. The lowest BCUT2D eigenvalue weighted by molar-refractivity contribution is -0.386. The first-order chi connectivity index (χ1) is 6.61. The SMILES string of the molecule is O=C1OC(O)c2c1cccc2[N+](=O)[O-]. The first-order valence-electron chi connectivity index (χ1n) is 3.77. The van der Waals surface area contributed by atoms with E-state index in [-0.39, 0.29) is 16.8 Å². The van der Waals surface area contributed by atoms with E-state index in [1.165, 1.54) is 18.2 Å². The topological polar surface area (TPSA) is 89.7 Å². The molecule has 0 radical (unpaired) electrons. The standard InChI is InChI=1S/C8H5NO5/c10-7-4-2-1-3-5(9(12)13)6(4)8(11)14-7/h1-3,8,11H. The predicted molar refractivity (Wildman–Crippen MR) is 43.5 cm³/mol. The van der Waals surface area contributed by atoms with E-state index in [1.54, 1.807) is 0 Å². The van der Waals surface area contributed by atoms with Crippen LogP contribution in [-0.4, -0.2) is 16.0 Å². The van der Waals surface area contributed by atoms with Gasteiger partial charge in [0.2, 0.25) is 6.29 Å². The van der Waals surface area contributed by atoms with Crippen LogP contribution in [0.1, 0.15) is 22.2 Å². The summed E-state index contributed by atoms with van der Waals surface area (Å²) in [5, 5.41) is 19.8. The highest BCUT2D eigenvalue weighted by Crippen LogP contribution is 2.35. The quantitative estimate of drug-likeness (QED) is 0.405. The number of benzene rings is 1. The van der Waals surface area contributed by atoms with Gasteiger partial charge in [-0.05, 0) is 6.07 Å². The Labute approximate surface area is 77.9 Å². The average Bonchev–Trinajstić information content (AvgIpc) is 2.43. The molecular formula is C8H5NO5. The number of ether oxygens (including phenoxy) is 1. The molecule has 0 aliphatic carbocycles. The number of hydrogen-bond donors (Lipinski definition) is 1. The molecule has 0 fully saturated rings. The molecule has 1 aliphatic heterocycles. The van der Waals surface area contributed by atoms with E-state index in [9.17, 15) is 20.0 Å². The normalized spacial score (nSPS) is 18.9. The van der Waals surface area contributed by atoms with Gasteiger partial charge in [0.05, 0.1) is 10.5 Å². The number of hydrogen-bond acceptors (Lipinski definition) is 5. The van der Waals surface area contributed by atoms with Crippen LogP contribution in [0, 0.1) is 10.1 Å². The molecule has 1 N–H and O–H groups in total. The minimum absolute atomic E-state index is 0.0479. The maximum atomic E-state index is 11.0. The van der Waals surface area contributed by atoms with Crippen molar-refractivity contribution in [2.24, 2.45) is 0 Å². The van der Waals surface area contributed by atoms with E-state index >= 15 is 0 Å². The van der Waals surface area contributed by atoms with Crippen LogP contribution >= 0.6 is 0 Å². The number of cyclic esters (lactones) is 1. The molecule has 6 heteroatoms. The third-order valence-corrected chi connectivity index (χ3v) is 1.97. The Kier molecular flexibility index (Phi) is 1.71. The smallest absolute Gasteiger partial charge is 0.341 e. The summed E-state index contributed by atoms with van der Waals surface area (Å²) < 4.78 is 4.43. The van der Waals surface area contributed by atoms with Crippen molar-refractivity contribution in [2.75, 3.05) is 0 Å². The van der Waals surface area contributed by atoms with Crippen molar-refractivity contribution in [2.45, 2.75) is 6.29 Å². The van der Waals surface area contributed by atoms with Crippen molar-refractivity contribution in [3.63, 3.8) is 0 Å². The van der Waals surface area contributed by atoms with Crippen molar-refractivity contribution < 1.29 is 19.6 Å². The van der Waals surface area contributed by atoms with Gasteiger partial charge in [-0.1, -0.05) is 6.07 Å². The van der Waals surface area contributed by atoms with Crippen LogP contribution in [0.3, 0.4) is 0 Å². The molecular weight excluding hydrogens is 190 g/mol. The van der Waals surface area contributed by atoms with Crippen molar-refractivity contribution in [3.05, 3.63) is 39.4 Å². The largest absolute Gasteiger partial charge is 0.428 e. The number of fused-ring (bicyclic) bond motifs is 1. The number of carbonyl (C=O) groups excluding carboxylic acids is 1. The van der Waals surface area contributed by atoms with Gasteiger partial charge in [0, 0.05) is 6.07 Å². The van der Waals surface area contributed by atoms with Gasteiger partial charge in [-0.15, -0.1) is 0 Å². The number of aliphatic hydroxyl groups excluding tert-OH is 1. The van der Waals surface area contributed by atoms with Gasteiger partial charge < -0.3 is 9.84 Å². The molecule has 1 aliphatic rings. The molecule has 0 amide bonds. The Morgan fingerprint density at radius 3 is 2.86 bits per heavy atom. The number of carbonyl (C=O) groups is 1. The fraction of sp³-hybridized carbons (Fsp3) is 0.125. The number of nitro groups is 1. The summed E-state index contributed by atoms with van der Waals surface area (Å²) in [7, 11) is 0.